The lowest BCUT2D eigenvalue weighted by Gasteiger charge is -2.30. The Morgan fingerprint density at radius 3 is 2.62 bits per heavy atom. The van der Waals surface area contributed by atoms with Crippen molar-refractivity contribution in [2.75, 3.05) is 19.6 Å². The molecule has 1 nitrogen and oxygen atoms in total. The van der Waals surface area contributed by atoms with Crippen LogP contribution >= 0.6 is 0 Å². The molecule has 0 amide bonds. The lowest BCUT2D eigenvalue weighted by atomic mass is 10.0. The topological polar surface area (TPSA) is 3.24 Å². The second kappa shape index (κ2) is 3.70. The second-order valence-electron chi connectivity index (χ2n) is 3.78. The van der Waals surface area contributed by atoms with Crippen molar-refractivity contribution >= 4 is 0 Å². The predicted octanol–water partition coefficient (Wildman–Crippen LogP) is 2.45. The van der Waals surface area contributed by atoms with Gasteiger partial charge in [0.05, 0.1) is 6.54 Å². The van der Waals surface area contributed by atoms with E-state index in [-0.39, 0.29) is 5.92 Å². The van der Waals surface area contributed by atoms with Crippen LogP contribution in [0.2, 0.25) is 0 Å². The van der Waals surface area contributed by atoms with Crippen molar-refractivity contribution in [3.8, 4) is 0 Å². The maximum Gasteiger partial charge on any atom is 0.401 e. The van der Waals surface area contributed by atoms with Crippen molar-refractivity contribution < 1.29 is 13.2 Å². The zero-order valence-corrected chi connectivity index (χ0v) is 7.86. The van der Waals surface area contributed by atoms with Gasteiger partial charge in [-0.05, 0) is 12.8 Å². The first-order chi connectivity index (χ1) is 5.87. The molecule has 0 radical (unpaired) electrons. The van der Waals surface area contributed by atoms with Crippen LogP contribution in [-0.2, 0) is 0 Å². The van der Waals surface area contributed by atoms with Gasteiger partial charge in [0.25, 0.3) is 0 Å². The van der Waals surface area contributed by atoms with Crippen molar-refractivity contribution in [1.82, 2.24) is 4.90 Å². The highest BCUT2D eigenvalue weighted by Gasteiger charge is 2.31. The molecule has 0 aliphatic carbocycles. The summed E-state index contributed by atoms with van der Waals surface area (Å²) in [6.45, 7) is 3.98. The van der Waals surface area contributed by atoms with Crippen LogP contribution in [0, 0.1) is 5.92 Å². The van der Waals surface area contributed by atoms with E-state index in [1.807, 2.05) is 19.9 Å². The van der Waals surface area contributed by atoms with E-state index < -0.39 is 12.7 Å². The van der Waals surface area contributed by atoms with Crippen LogP contribution in [-0.4, -0.2) is 30.7 Å². The van der Waals surface area contributed by atoms with E-state index >= 15 is 0 Å². The molecule has 0 bridgehead atoms. The average Bonchev–Trinajstić information content (AvgIpc) is 1.78. The van der Waals surface area contributed by atoms with Crippen LogP contribution in [0.15, 0.2) is 11.6 Å². The van der Waals surface area contributed by atoms with E-state index in [2.05, 4.69) is 0 Å². The van der Waals surface area contributed by atoms with Crippen LogP contribution in [0.3, 0.4) is 0 Å². The highest BCUT2D eigenvalue weighted by atomic mass is 19.4. The zero-order chi connectivity index (χ0) is 10.1. The first kappa shape index (κ1) is 10.6. The summed E-state index contributed by atoms with van der Waals surface area (Å²) in [6, 6.07) is 0. The maximum absolute atomic E-state index is 12.0. The monoisotopic (exact) mass is 193 g/mol. The predicted molar refractivity (Wildman–Crippen MR) is 45.4 cm³/mol. The second-order valence-corrected chi connectivity index (χ2v) is 3.78. The SMILES string of the molecule is CC1=CC(C)CN(CC(F)(F)F)C1. The molecule has 1 aliphatic heterocycles. The van der Waals surface area contributed by atoms with E-state index in [0.29, 0.717) is 13.1 Å². The van der Waals surface area contributed by atoms with Gasteiger partial charge in [0.15, 0.2) is 0 Å². The van der Waals surface area contributed by atoms with Crippen molar-refractivity contribution in [1.29, 1.82) is 0 Å². The summed E-state index contributed by atoms with van der Waals surface area (Å²) in [4.78, 5) is 1.44. The smallest absolute Gasteiger partial charge is 0.290 e. The van der Waals surface area contributed by atoms with Gasteiger partial charge in [-0.25, -0.2) is 0 Å². The minimum absolute atomic E-state index is 0.232. The van der Waals surface area contributed by atoms with Crippen molar-refractivity contribution in [3.05, 3.63) is 11.6 Å². The molecule has 1 heterocycles. The highest BCUT2D eigenvalue weighted by Crippen LogP contribution is 2.21. The van der Waals surface area contributed by atoms with Gasteiger partial charge in [-0.2, -0.15) is 13.2 Å². The van der Waals surface area contributed by atoms with Crippen molar-refractivity contribution in [3.63, 3.8) is 0 Å². The van der Waals surface area contributed by atoms with Crippen LogP contribution < -0.4 is 0 Å². The highest BCUT2D eigenvalue weighted by molar-refractivity contribution is 5.07. The summed E-state index contributed by atoms with van der Waals surface area (Å²) in [5.74, 6) is 0.232. The number of nitrogens with zero attached hydrogens (tertiary/aromatic N) is 1. The first-order valence-corrected chi connectivity index (χ1v) is 4.33. The fraction of sp³-hybridized carbons (Fsp3) is 0.778. The quantitative estimate of drug-likeness (QED) is 0.578. The average molecular weight is 193 g/mol. The minimum Gasteiger partial charge on any atom is -0.290 e. The molecule has 0 N–H and O–H groups in total. The molecule has 0 fully saturated rings. The third kappa shape index (κ3) is 3.81. The Hall–Kier alpha value is -0.510. The number of hydrogen-bond acceptors (Lipinski definition) is 1. The molecular formula is C9H14F3N. The standard InChI is InChI=1S/C9H14F3N/c1-7-3-8(2)5-13(4-7)6-9(10,11)12/h3,7H,4-6H2,1-2H3. The van der Waals surface area contributed by atoms with E-state index in [4.69, 9.17) is 0 Å². The Morgan fingerprint density at radius 1 is 1.54 bits per heavy atom. The van der Waals surface area contributed by atoms with Gasteiger partial charge >= 0.3 is 6.18 Å². The van der Waals surface area contributed by atoms with E-state index in [9.17, 15) is 13.2 Å². The van der Waals surface area contributed by atoms with E-state index in [1.54, 1.807) is 0 Å². The molecule has 1 aliphatic rings. The molecule has 13 heavy (non-hydrogen) atoms. The molecule has 0 spiro atoms. The summed E-state index contributed by atoms with van der Waals surface area (Å²) in [6.07, 6.45) is -2.04. The normalized spacial score (nSPS) is 25.9. The van der Waals surface area contributed by atoms with Gasteiger partial charge < -0.3 is 0 Å². The summed E-state index contributed by atoms with van der Waals surface area (Å²) >= 11 is 0. The Kier molecular flexibility index (Phi) is 3.01. The third-order valence-corrected chi connectivity index (χ3v) is 1.99. The fourth-order valence-electron chi connectivity index (χ4n) is 1.79. The van der Waals surface area contributed by atoms with Gasteiger partial charge in [-0.3, -0.25) is 4.90 Å². The van der Waals surface area contributed by atoms with Gasteiger partial charge in [0.2, 0.25) is 0 Å². The number of hydrogen-bond donors (Lipinski definition) is 0. The molecular weight excluding hydrogens is 179 g/mol. The summed E-state index contributed by atoms with van der Waals surface area (Å²) in [7, 11) is 0. The van der Waals surface area contributed by atoms with Gasteiger partial charge in [0, 0.05) is 13.1 Å². The summed E-state index contributed by atoms with van der Waals surface area (Å²) < 4.78 is 36.1. The Morgan fingerprint density at radius 2 is 2.15 bits per heavy atom. The van der Waals surface area contributed by atoms with Gasteiger partial charge in [0.1, 0.15) is 0 Å². The maximum atomic E-state index is 12.0. The molecule has 0 aromatic heterocycles. The molecule has 0 aromatic rings. The van der Waals surface area contributed by atoms with Gasteiger partial charge in [-0.15, -0.1) is 0 Å². The Balaban J connectivity index is 2.51. The van der Waals surface area contributed by atoms with E-state index in [0.717, 1.165) is 5.57 Å². The number of alkyl halides is 3. The van der Waals surface area contributed by atoms with Crippen molar-refractivity contribution in [2.45, 2.75) is 20.0 Å². The van der Waals surface area contributed by atoms with Crippen LogP contribution in [0.5, 0.6) is 0 Å². The fourth-order valence-corrected chi connectivity index (χ4v) is 1.79. The van der Waals surface area contributed by atoms with Crippen LogP contribution in [0.4, 0.5) is 13.2 Å². The van der Waals surface area contributed by atoms with E-state index in [1.165, 1.54) is 4.90 Å². The molecule has 0 saturated heterocycles. The molecule has 76 valence electrons. The lowest BCUT2D eigenvalue weighted by molar-refractivity contribution is -0.146. The number of rotatable bonds is 1. The van der Waals surface area contributed by atoms with Crippen LogP contribution in [0.25, 0.3) is 0 Å². The third-order valence-electron chi connectivity index (χ3n) is 1.99. The zero-order valence-electron chi connectivity index (χ0n) is 7.86. The lowest BCUT2D eigenvalue weighted by Crippen LogP contribution is -2.40. The molecule has 4 heteroatoms. The Labute approximate surface area is 76.2 Å². The molecule has 0 saturated carbocycles. The molecule has 1 unspecified atom stereocenters. The molecule has 1 rings (SSSR count). The first-order valence-electron chi connectivity index (χ1n) is 4.33. The molecule has 0 aromatic carbocycles. The molecule has 1 atom stereocenters. The van der Waals surface area contributed by atoms with Crippen molar-refractivity contribution in [2.24, 2.45) is 5.92 Å². The number of halogens is 3. The van der Waals surface area contributed by atoms with Crippen LogP contribution in [0.1, 0.15) is 13.8 Å². The summed E-state index contributed by atoms with van der Waals surface area (Å²) in [5.41, 5.74) is 1.03. The van der Waals surface area contributed by atoms with Gasteiger partial charge in [-0.1, -0.05) is 18.6 Å². The largest absolute Gasteiger partial charge is 0.401 e. The Bertz CT molecular complexity index is 207. The summed E-state index contributed by atoms with van der Waals surface area (Å²) in [5, 5.41) is 0. The minimum atomic E-state index is -4.07.